The van der Waals surface area contributed by atoms with E-state index in [0.29, 0.717) is 0 Å². The summed E-state index contributed by atoms with van der Waals surface area (Å²) in [4.78, 5) is 7.85. The second-order valence-electron chi connectivity index (χ2n) is 8.49. The summed E-state index contributed by atoms with van der Waals surface area (Å²) in [5.41, 5.74) is 9.51. The minimum Gasteiger partial charge on any atom is -0.495 e. The Bertz CT molecular complexity index is 627. The van der Waals surface area contributed by atoms with Crippen molar-refractivity contribution < 1.29 is 4.74 Å². The molecule has 2 N–H and O–H groups in total. The highest BCUT2D eigenvalue weighted by Gasteiger charge is 2.41. The predicted molar refractivity (Wildman–Crippen MR) is 108 cm³/mol. The van der Waals surface area contributed by atoms with E-state index >= 15 is 0 Å². The van der Waals surface area contributed by atoms with Gasteiger partial charge in [0.25, 0.3) is 0 Å². The number of methoxy groups -OCH3 is 1. The molecule has 1 aromatic carbocycles. The van der Waals surface area contributed by atoms with Crippen LogP contribution in [0.2, 0.25) is 0 Å². The van der Waals surface area contributed by atoms with Crippen LogP contribution >= 0.6 is 0 Å². The molecule has 3 aliphatic heterocycles. The van der Waals surface area contributed by atoms with Gasteiger partial charge in [0.15, 0.2) is 0 Å². The zero-order valence-electron chi connectivity index (χ0n) is 16.6. The molecular formula is C21H34N4O. The molecule has 3 aliphatic rings. The molecule has 0 aliphatic carbocycles. The Labute approximate surface area is 158 Å². The first-order valence-corrected chi connectivity index (χ1v) is 10.2. The quantitative estimate of drug-likeness (QED) is 0.837. The van der Waals surface area contributed by atoms with Crippen LogP contribution in [0.5, 0.6) is 5.75 Å². The summed E-state index contributed by atoms with van der Waals surface area (Å²) in [6.45, 7) is 9.70. The number of nitrogen functional groups attached to an aromatic ring is 1. The highest BCUT2D eigenvalue weighted by molar-refractivity contribution is 5.67. The van der Waals surface area contributed by atoms with E-state index in [2.05, 4.69) is 40.8 Å². The number of fused-ring (bicyclic) bond motifs is 1. The molecule has 0 aromatic heterocycles. The van der Waals surface area contributed by atoms with Crippen molar-refractivity contribution in [2.45, 2.75) is 32.2 Å². The number of hydrogen-bond donors (Lipinski definition) is 1. The van der Waals surface area contributed by atoms with Crippen molar-refractivity contribution in [1.29, 1.82) is 0 Å². The first-order chi connectivity index (χ1) is 12.6. The van der Waals surface area contributed by atoms with Crippen molar-refractivity contribution in [2.75, 3.05) is 64.1 Å². The lowest BCUT2D eigenvalue weighted by Crippen LogP contribution is -2.45. The van der Waals surface area contributed by atoms with E-state index in [1.54, 1.807) is 7.11 Å². The monoisotopic (exact) mass is 358 g/mol. The molecule has 2 atom stereocenters. The van der Waals surface area contributed by atoms with E-state index in [0.717, 1.165) is 48.8 Å². The fourth-order valence-electron chi connectivity index (χ4n) is 5.42. The lowest BCUT2D eigenvalue weighted by molar-refractivity contribution is 0.184. The van der Waals surface area contributed by atoms with Gasteiger partial charge in [-0.1, -0.05) is 6.92 Å². The lowest BCUT2D eigenvalue weighted by atomic mass is 10.0. The normalized spacial score (nSPS) is 27.9. The Balaban J connectivity index is 1.40. The zero-order valence-corrected chi connectivity index (χ0v) is 16.6. The number of likely N-dealkylation sites (tertiary alicyclic amines) is 2. The van der Waals surface area contributed by atoms with Gasteiger partial charge in [0.2, 0.25) is 0 Å². The van der Waals surface area contributed by atoms with E-state index in [4.69, 9.17) is 10.5 Å². The van der Waals surface area contributed by atoms with Gasteiger partial charge in [0.1, 0.15) is 5.75 Å². The second-order valence-corrected chi connectivity index (χ2v) is 8.49. The smallest absolute Gasteiger partial charge is 0.143 e. The first-order valence-electron chi connectivity index (χ1n) is 10.2. The summed E-state index contributed by atoms with van der Waals surface area (Å²) >= 11 is 0. The van der Waals surface area contributed by atoms with Crippen molar-refractivity contribution in [2.24, 2.45) is 11.8 Å². The van der Waals surface area contributed by atoms with Crippen molar-refractivity contribution in [3.63, 3.8) is 0 Å². The molecular weight excluding hydrogens is 324 g/mol. The van der Waals surface area contributed by atoms with Crippen molar-refractivity contribution in [3.05, 3.63) is 17.7 Å². The maximum absolute atomic E-state index is 6.11. The molecule has 0 saturated carbocycles. The number of ether oxygens (including phenoxy) is 1. The molecule has 3 saturated heterocycles. The molecule has 0 unspecified atom stereocenters. The molecule has 0 radical (unpaired) electrons. The Hall–Kier alpha value is -1.46. The van der Waals surface area contributed by atoms with Crippen molar-refractivity contribution >= 4 is 11.4 Å². The van der Waals surface area contributed by atoms with Gasteiger partial charge in [0.05, 0.1) is 12.8 Å². The van der Waals surface area contributed by atoms with Crippen LogP contribution in [0.4, 0.5) is 11.4 Å². The molecule has 144 valence electrons. The maximum Gasteiger partial charge on any atom is 0.143 e. The fourth-order valence-corrected chi connectivity index (χ4v) is 5.42. The summed E-state index contributed by atoms with van der Waals surface area (Å²) in [6, 6.07) is 5.01. The van der Waals surface area contributed by atoms with Crippen molar-refractivity contribution in [1.82, 2.24) is 9.80 Å². The molecule has 0 bridgehead atoms. The standard InChI is InChI=1S/C21H34N4O/c1-4-15-9-19(22)21(26-3)10-20(15)24-7-5-18(6-8-24)25-13-16-11-23(2)12-17(16)14-25/h9-10,16-18H,4-8,11-14,22H2,1-3H3/t16-,17+. The van der Waals surface area contributed by atoms with Gasteiger partial charge in [-0.2, -0.15) is 0 Å². The van der Waals surface area contributed by atoms with Gasteiger partial charge in [0, 0.05) is 57.1 Å². The second kappa shape index (κ2) is 7.28. The van der Waals surface area contributed by atoms with Gasteiger partial charge >= 0.3 is 0 Å². The Morgan fingerprint density at radius 2 is 1.73 bits per heavy atom. The van der Waals surface area contributed by atoms with Crippen LogP contribution in [0.15, 0.2) is 12.1 Å². The average Bonchev–Trinajstić information content (AvgIpc) is 3.19. The van der Waals surface area contributed by atoms with Gasteiger partial charge in [-0.3, -0.25) is 4.90 Å². The van der Waals surface area contributed by atoms with Crippen LogP contribution in [0.1, 0.15) is 25.3 Å². The number of nitrogens with zero attached hydrogens (tertiary/aromatic N) is 3. The Morgan fingerprint density at radius 3 is 2.31 bits per heavy atom. The molecule has 3 fully saturated rings. The summed E-state index contributed by atoms with van der Waals surface area (Å²) in [5, 5.41) is 0. The van der Waals surface area contributed by atoms with E-state index in [-0.39, 0.29) is 0 Å². The number of aryl methyl sites for hydroxylation is 1. The third kappa shape index (κ3) is 3.27. The zero-order chi connectivity index (χ0) is 18.3. The first kappa shape index (κ1) is 17.9. The summed E-state index contributed by atoms with van der Waals surface area (Å²) in [5.74, 6) is 2.62. The maximum atomic E-state index is 6.11. The Morgan fingerprint density at radius 1 is 1.08 bits per heavy atom. The van der Waals surface area contributed by atoms with Crippen molar-refractivity contribution in [3.8, 4) is 5.75 Å². The summed E-state index contributed by atoms with van der Waals surface area (Å²) < 4.78 is 5.47. The predicted octanol–water partition coefficient (Wildman–Crippen LogP) is 2.30. The molecule has 5 nitrogen and oxygen atoms in total. The van der Waals surface area contributed by atoms with Crippen LogP contribution in [-0.4, -0.2) is 69.3 Å². The largest absolute Gasteiger partial charge is 0.495 e. The van der Waals surface area contributed by atoms with Gasteiger partial charge in [-0.15, -0.1) is 0 Å². The number of piperidine rings is 1. The lowest BCUT2D eigenvalue weighted by Gasteiger charge is -2.39. The highest BCUT2D eigenvalue weighted by Crippen LogP contribution is 2.36. The number of rotatable bonds is 4. The van der Waals surface area contributed by atoms with Gasteiger partial charge in [-0.25, -0.2) is 0 Å². The van der Waals surface area contributed by atoms with Crippen LogP contribution < -0.4 is 15.4 Å². The third-order valence-electron chi connectivity index (χ3n) is 6.83. The number of nitrogens with two attached hydrogens (primary N) is 1. The number of benzene rings is 1. The molecule has 0 spiro atoms. The summed E-state index contributed by atoms with van der Waals surface area (Å²) in [7, 11) is 3.97. The minimum atomic E-state index is 0.747. The van der Waals surface area contributed by atoms with Gasteiger partial charge in [-0.05, 0) is 49.8 Å². The van der Waals surface area contributed by atoms with E-state index in [9.17, 15) is 0 Å². The highest BCUT2D eigenvalue weighted by atomic mass is 16.5. The van der Waals surface area contributed by atoms with Crippen LogP contribution in [-0.2, 0) is 6.42 Å². The fraction of sp³-hybridized carbons (Fsp3) is 0.714. The molecule has 0 amide bonds. The molecule has 3 heterocycles. The number of anilines is 2. The third-order valence-corrected chi connectivity index (χ3v) is 6.83. The van der Waals surface area contributed by atoms with Crippen LogP contribution in [0.3, 0.4) is 0 Å². The van der Waals surface area contributed by atoms with Crippen LogP contribution in [0, 0.1) is 11.8 Å². The van der Waals surface area contributed by atoms with E-state index in [1.165, 1.54) is 50.3 Å². The van der Waals surface area contributed by atoms with E-state index in [1.807, 2.05) is 0 Å². The number of hydrogen-bond acceptors (Lipinski definition) is 5. The Kier molecular flexibility index (Phi) is 5.02. The van der Waals surface area contributed by atoms with Gasteiger partial charge < -0.3 is 20.3 Å². The molecule has 1 aromatic rings. The topological polar surface area (TPSA) is 45.0 Å². The van der Waals surface area contributed by atoms with E-state index < -0.39 is 0 Å². The average molecular weight is 359 g/mol. The molecule has 26 heavy (non-hydrogen) atoms. The SMILES string of the molecule is CCc1cc(N)c(OC)cc1N1CCC(N2C[C@H]3CN(C)C[C@H]3C2)CC1. The van der Waals surface area contributed by atoms with Crippen LogP contribution in [0.25, 0.3) is 0 Å². The minimum absolute atomic E-state index is 0.747. The molecule has 5 heteroatoms. The summed E-state index contributed by atoms with van der Waals surface area (Å²) in [6.07, 6.45) is 3.54. The molecule has 4 rings (SSSR count).